The van der Waals surface area contributed by atoms with Crippen LogP contribution in [0.2, 0.25) is 0 Å². The first-order valence-corrected chi connectivity index (χ1v) is 9.32. The Morgan fingerprint density at radius 3 is 2.13 bits per heavy atom. The van der Waals surface area contributed by atoms with Crippen molar-refractivity contribution >= 4 is 11.8 Å². The van der Waals surface area contributed by atoms with Crippen LogP contribution in [0.15, 0.2) is 78.9 Å². The molecule has 0 fully saturated rings. The van der Waals surface area contributed by atoms with Crippen molar-refractivity contribution in [3.63, 3.8) is 0 Å². The highest BCUT2D eigenvalue weighted by Gasteiger charge is 2.13. The number of carbonyl (C=O) groups excluding carboxylic acids is 2. The molecular formula is C23H22N2O5. The molecule has 2 N–H and O–H groups in total. The standard InChI is InChI=1S/C23H22N2O5/c1-28-21-13-6-5-12-20(21)23(27)25-24-22(26)17-8-7-11-19(16-17)30-15-14-29-18-9-3-2-4-10-18/h2-13,16H,14-15H2,1H3,(H,24,26)(H,25,27). The topological polar surface area (TPSA) is 85.9 Å². The van der Waals surface area contributed by atoms with E-state index in [4.69, 9.17) is 14.2 Å². The summed E-state index contributed by atoms with van der Waals surface area (Å²) in [7, 11) is 1.47. The molecule has 0 aliphatic carbocycles. The number of methoxy groups -OCH3 is 1. The number of hydrazine groups is 1. The maximum atomic E-state index is 12.4. The van der Waals surface area contributed by atoms with E-state index in [0.717, 1.165) is 5.75 Å². The average Bonchev–Trinajstić information content (AvgIpc) is 2.81. The molecular weight excluding hydrogens is 384 g/mol. The van der Waals surface area contributed by atoms with Crippen LogP contribution in [0.25, 0.3) is 0 Å². The summed E-state index contributed by atoms with van der Waals surface area (Å²) in [4.78, 5) is 24.6. The number of amides is 2. The monoisotopic (exact) mass is 406 g/mol. The van der Waals surface area contributed by atoms with E-state index >= 15 is 0 Å². The zero-order chi connectivity index (χ0) is 21.2. The van der Waals surface area contributed by atoms with Gasteiger partial charge in [0.05, 0.1) is 12.7 Å². The molecule has 0 aliphatic heterocycles. The molecule has 0 saturated carbocycles. The van der Waals surface area contributed by atoms with Gasteiger partial charge in [0.25, 0.3) is 11.8 Å². The summed E-state index contributed by atoms with van der Waals surface area (Å²) >= 11 is 0. The fourth-order valence-corrected chi connectivity index (χ4v) is 2.65. The van der Waals surface area contributed by atoms with Crippen LogP contribution < -0.4 is 25.1 Å². The van der Waals surface area contributed by atoms with Crippen molar-refractivity contribution in [2.75, 3.05) is 20.3 Å². The Balaban J connectivity index is 1.49. The van der Waals surface area contributed by atoms with Gasteiger partial charge in [0.1, 0.15) is 30.5 Å². The van der Waals surface area contributed by atoms with Crippen molar-refractivity contribution in [3.8, 4) is 17.2 Å². The molecule has 7 nitrogen and oxygen atoms in total. The Morgan fingerprint density at radius 2 is 1.37 bits per heavy atom. The molecule has 0 aliphatic rings. The molecule has 0 radical (unpaired) electrons. The van der Waals surface area contributed by atoms with Crippen molar-refractivity contribution < 1.29 is 23.8 Å². The van der Waals surface area contributed by atoms with Gasteiger partial charge in [-0.1, -0.05) is 36.4 Å². The molecule has 0 heterocycles. The van der Waals surface area contributed by atoms with Crippen molar-refractivity contribution in [3.05, 3.63) is 90.0 Å². The Labute approximate surface area is 174 Å². The number of ether oxygens (including phenoxy) is 3. The van der Waals surface area contributed by atoms with Crippen molar-refractivity contribution in [2.45, 2.75) is 0 Å². The van der Waals surface area contributed by atoms with Crippen LogP contribution in [0.1, 0.15) is 20.7 Å². The molecule has 3 aromatic rings. The second kappa shape index (κ2) is 10.5. The van der Waals surface area contributed by atoms with E-state index in [9.17, 15) is 9.59 Å². The second-order valence-electron chi connectivity index (χ2n) is 6.15. The molecule has 0 bridgehead atoms. The van der Waals surface area contributed by atoms with Gasteiger partial charge in [0, 0.05) is 5.56 Å². The zero-order valence-electron chi connectivity index (χ0n) is 16.5. The highest BCUT2D eigenvalue weighted by Crippen LogP contribution is 2.17. The van der Waals surface area contributed by atoms with Gasteiger partial charge in [-0.15, -0.1) is 0 Å². The maximum absolute atomic E-state index is 12.4. The first-order chi connectivity index (χ1) is 14.7. The lowest BCUT2D eigenvalue weighted by atomic mass is 10.2. The molecule has 3 rings (SSSR count). The summed E-state index contributed by atoms with van der Waals surface area (Å²) in [5.74, 6) is 0.753. The third-order valence-electron chi connectivity index (χ3n) is 4.10. The molecule has 0 spiro atoms. The van der Waals surface area contributed by atoms with Crippen LogP contribution in [0.5, 0.6) is 17.2 Å². The maximum Gasteiger partial charge on any atom is 0.273 e. The fourth-order valence-electron chi connectivity index (χ4n) is 2.65. The Kier molecular flexibility index (Phi) is 7.27. The largest absolute Gasteiger partial charge is 0.496 e. The van der Waals surface area contributed by atoms with E-state index < -0.39 is 11.8 Å². The summed E-state index contributed by atoms with van der Waals surface area (Å²) in [6, 6.07) is 22.8. The normalized spacial score (nSPS) is 10.0. The third-order valence-corrected chi connectivity index (χ3v) is 4.10. The van der Waals surface area contributed by atoms with Crippen LogP contribution in [-0.4, -0.2) is 32.1 Å². The number of hydrogen-bond donors (Lipinski definition) is 2. The number of hydrogen-bond acceptors (Lipinski definition) is 5. The van der Waals surface area contributed by atoms with E-state index in [1.54, 1.807) is 48.5 Å². The van der Waals surface area contributed by atoms with E-state index in [2.05, 4.69) is 10.9 Å². The third kappa shape index (κ3) is 5.75. The fraction of sp³-hybridized carbons (Fsp3) is 0.130. The minimum absolute atomic E-state index is 0.316. The van der Waals surface area contributed by atoms with Crippen molar-refractivity contribution in [2.24, 2.45) is 0 Å². The predicted octanol–water partition coefficient (Wildman–Crippen LogP) is 3.23. The molecule has 0 saturated heterocycles. The number of para-hydroxylation sites is 2. The van der Waals surface area contributed by atoms with Crippen LogP contribution in [0.3, 0.4) is 0 Å². The van der Waals surface area contributed by atoms with E-state index in [0.29, 0.717) is 35.8 Å². The van der Waals surface area contributed by atoms with Crippen LogP contribution in [0, 0.1) is 0 Å². The molecule has 30 heavy (non-hydrogen) atoms. The second-order valence-corrected chi connectivity index (χ2v) is 6.15. The molecule has 0 aromatic heterocycles. The first-order valence-electron chi connectivity index (χ1n) is 9.32. The SMILES string of the molecule is COc1ccccc1C(=O)NNC(=O)c1cccc(OCCOc2ccccc2)c1. The highest BCUT2D eigenvalue weighted by molar-refractivity contribution is 6.00. The highest BCUT2D eigenvalue weighted by atomic mass is 16.5. The lowest BCUT2D eigenvalue weighted by Gasteiger charge is -2.11. The minimum atomic E-state index is -0.480. The molecule has 2 amide bonds. The summed E-state index contributed by atoms with van der Waals surface area (Å²) in [5, 5.41) is 0. The summed E-state index contributed by atoms with van der Waals surface area (Å²) in [5.41, 5.74) is 5.43. The number of carbonyl (C=O) groups is 2. The van der Waals surface area contributed by atoms with Crippen LogP contribution >= 0.6 is 0 Å². The lowest BCUT2D eigenvalue weighted by molar-refractivity contribution is 0.0844. The van der Waals surface area contributed by atoms with Gasteiger partial charge >= 0.3 is 0 Å². The summed E-state index contributed by atoms with van der Waals surface area (Å²) < 4.78 is 16.4. The van der Waals surface area contributed by atoms with E-state index in [1.807, 2.05) is 30.3 Å². The van der Waals surface area contributed by atoms with Crippen molar-refractivity contribution in [1.82, 2.24) is 10.9 Å². The van der Waals surface area contributed by atoms with Gasteiger partial charge in [0.2, 0.25) is 0 Å². The van der Waals surface area contributed by atoms with Crippen LogP contribution in [-0.2, 0) is 0 Å². The van der Waals surface area contributed by atoms with Gasteiger partial charge in [-0.3, -0.25) is 20.4 Å². The average molecular weight is 406 g/mol. The molecule has 7 heteroatoms. The first kappa shape index (κ1) is 20.7. The lowest BCUT2D eigenvalue weighted by Crippen LogP contribution is -2.41. The number of nitrogens with one attached hydrogen (secondary N) is 2. The molecule has 0 unspecified atom stereocenters. The molecule has 3 aromatic carbocycles. The molecule has 154 valence electrons. The Bertz CT molecular complexity index is 992. The Hall–Kier alpha value is -4.00. The van der Waals surface area contributed by atoms with Crippen LogP contribution in [0.4, 0.5) is 0 Å². The Morgan fingerprint density at radius 1 is 0.733 bits per heavy atom. The van der Waals surface area contributed by atoms with E-state index in [-0.39, 0.29) is 0 Å². The van der Waals surface area contributed by atoms with Gasteiger partial charge in [-0.25, -0.2) is 0 Å². The smallest absolute Gasteiger partial charge is 0.273 e. The van der Waals surface area contributed by atoms with Gasteiger partial charge in [0.15, 0.2) is 0 Å². The van der Waals surface area contributed by atoms with E-state index in [1.165, 1.54) is 7.11 Å². The number of benzene rings is 3. The summed E-state index contributed by atoms with van der Waals surface area (Å²) in [6.45, 7) is 0.694. The van der Waals surface area contributed by atoms with Crippen molar-refractivity contribution in [1.29, 1.82) is 0 Å². The predicted molar refractivity (Wildman–Crippen MR) is 112 cm³/mol. The quantitative estimate of drug-likeness (QED) is 0.443. The number of rotatable bonds is 8. The zero-order valence-corrected chi connectivity index (χ0v) is 16.5. The van der Waals surface area contributed by atoms with Gasteiger partial charge in [-0.2, -0.15) is 0 Å². The minimum Gasteiger partial charge on any atom is -0.496 e. The molecule has 0 atom stereocenters. The summed E-state index contributed by atoms with van der Waals surface area (Å²) in [6.07, 6.45) is 0. The van der Waals surface area contributed by atoms with Gasteiger partial charge < -0.3 is 14.2 Å². The van der Waals surface area contributed by atoms with Gasteiger partial charge in [-0.05, 0) is 42.5 Å².